The third kappa shape index (κ3) is 3.06. The average Bonchev–Trinajstić information content (AvgIpc) is 2.96. The van der Waals surface area contributed by atoms with Crippen LogP contribution in [0.3, 0.4) is 0 Å². The highest BCUT2D eigenvalue weighted by molar-refractivity contribution is 7.89. The molecule has 1 unspecified atom stereocenters. The maximum absolute atomic E-state index is 12.5. The van der Waals surface area contributed by atoms with Gasteiger partial charge in [-0.1, -0.05) is 0 Å². The van der Waals surface area contributed by atoms with E-state index in [0.29, 0.717) is 31.2 Å². The first kappa shape index (κ1) is 14.8. The van der Waals surface area contributed by atoms with Gasteiger partial charge in [-0.15, -0.1) is 0 Å². The third-order valence-electron chi connectivity index (χ3n) is 4.04. The van der Waals surface area contributed by atoms with E-state index in [4.69, 9.17) is 10.5 Å². The lowest BCUT2D eigenvalue weighted by atomic mass is 10.2. The molecule has 1 aromatic carbocycles. The Kier molecular flexibility index (Phi) is 4.17. The zero-order valence-corrected chi connectivity index (χ0v) is 12.8. The third-order valence-corrected chi connectivity index (χ3v) is 5.92. The highest BCUT2D eigenvalue weighted by atomic mass is 32.2. The van der Waals surface area contributed by atoms with Crippen LogP contribution in [0.5, 0.6) is 0 Å². The molecule has 2 saturated heterocycles. The second-order valence-electron chi connectivity index (χ2n) is 5.51. The van der Waals surface area contributed by atoms with E-state index in [2.05, 4.69) is 4.90 Å². The van der Waals surface area contributed by atoms with Crippen LogP contribution < -0.4 is 10.6 Å². The zero-order valence-electron chi connectivity index (χ0n) is 11.9. The van der Waals surface area contributed by atoms with Gasteiger partial charge >= 0.3 is 0 Å². The van der Waals surface area contributed by atoms with Crippen molar-refractivity contribution in [3.05, 3.63) is 24.3 Å². The quantitative estimate of drug-likeness (QED) is 0.866. The fourth-order valence-electron chi connectivity index (χ4n) is 2.77. The fraction of sp³-hybridized carbons (Fsp3) is 0.571. The number of sulfonamides is 1. The molecule has 2 aliphatic heterocycles. The van der Waals surface area contributed by atoms with Crippen molar-refractivity contribution in [1.29, 1.82) is 0 Å². The predicted octanol–water partition coefficient (Wildman–Crippen LogP) is 0.245. The minimum absolute atomic E-state index is 0.0487. The Morgan fingerprint density at radius 3 is 2.33 bits per heavy atom. The Balaban J connectivity index is 1.77. The number of hydrogen-bond acceptors (Lipinski definition) is 5. The number of nitrogens with zero attached hydrogens (tertiary/aromatic N) is 2. The van der Waals surface area contributed by atoms with E-state index in [9.17, 15) is 8.42 Å². The van der Waals surface area contributed by atoms with E-state index in [-0.39, 0.29) is 6.04 Å². The molecule has 2 aliphatic rings. The largest absolute Gasteiger partial charge is 0.378 e. The molecule has 116 valence electrons. The molecule has 0 bridgehead atoms. The molecule has 3 rings (SSSR count). The molecule has 1 atom stereocenters. The van der Waals surface area contributed by atoms with Crippen LogP contribution in [0.4, 0.5) is 5.69 Å². The minimum atomic E-state index is -3.41. The van der Waals surface area contributed by atoms with Crippen LogP contribution in [0.15, 0.2) is 29.2 Å². The Hall–Kier alpha value is -1.15. The second kappa shape index (κ2) is 5.92. The summed E-state index contributed by atoms with van der Waals surface area (Å²) in [7, 11) is -3.41. The summed E-state index contributed by atoms with van der Waals surface area (Å²) in [5, 5.41) is 0. The lowest BCUT2D eigenvalue weighted by molar-refractivity contribution is 0.122. The van der Waals surface area contributed by atoms with E-state index < -0.39 is 10.0 Å². The first-order valence-corrected chi connectivity index (χ1v) is 8.70. The average molecular weight is 311 g/mol. The molecule has 0 saturated carbocycles. The van der Waals surface area contributed by atoms with E-state index in [1.807, 2.05) is 12.1 Å². The standard InChI is InChI=1S/C14H21N3O3S/c15-12-5-6-17(11-12)21(18,19)14-3-1-13(2-4-14)16-7-9-20-10-8-16/h1-4,12H,5-11,15H2. The Bertz CT molecular complexity index is 582. The fourth-order valence-corrected chi connectivity index (χ4v) is 4.28. The first-order chi connectivity index (χ1) is 10.1. The van der Waals surface area contributed by atoms with Crippen molar-refractivity contribution < 1.29 is 13.2 Å². The van der Waals surface area contributed by atoms with Gasteiger partial charge in [-0.25, -0.2) is 8.42 Å². The molecule has 7 heteroatoms. The van der Waals surface area contributed by atoms with Crippen molar-refractivity contribution in [3.63, 3.8) is 0 Å². The van der Waals surface area contributed by atoms with E-state index in [0.717, 1.165) is 25.2 Å². The summed E-state index contributed by atoms with van der Waals surface area (Å²) in [6, 6.07) is 7.06. The van der Waals surface area contributed by atoms with Gasteiger partial charge in [0.2, 0.25) is 10.0 Å². The Morgan fingerprint density at radius 1 is 1.10 bits per heavy atom. The molecule has 2 N–H and O–H groups in total. The number of nitrogens with two attached hydrogens (primary N) is 1. The van der Waals surface area contributed by atoms with Crippen LogP contribution >= 0.6 is 0 Å². The van der Waals surface area contributed by atoms with Crippen molar-refractivity contribution in [2.24, 2.45) is 5.73 Å². The number of rotatable bonds is 3. The molecule has 2 heterocycles. The van der Waals surface area contributed by atoms with E-state index in [1.165, 1.54) is 4.31 Å². The molecular weight excluding hydrogens is 290 g/mol. The number of benzene rings is 1. The number of ether oxygens (including phenoxy) is 1. The van der Waals surface area contributed by atoms with Gasteiger partial charge in [0, 0.05) is 37.9 Å². The van der Waals surface area contributed by atoms with Crippen molar-refractivity contribution in [3.8, 4) is 0 Å². The number of anilines is 1. The first-order valence-electron chi connectivity index (χ1n) is 7.26. The van der Waals surface area contributed by atoms with Crippen molar-refractivity contribution in [2.75, 3.05) is 44.3 Å². The summed E-state index contributed by atoms with van der Waals surface area (Å²) < 4.78 is 31.8. The topological polar surface area (TPSA) is 75.9 Å². The summed E-state index contributed by atoms with van der Waals surface area (Å²) in [6.45, 7) is 4.03. The molecule has 21 heavy (non-hydrogen) atoms. The van der Waals surface area contributed by atoms with Gasteiger partial charge < -0.3 is 15.4 Å². The number of hydrogen-bond donors (Lipinski definition) is 1. The summed E-state index contributed by atoms with van der Waals surface area (Å²) in [6.07, 6.45) is 0.727. The van der Waals surface area contributed by atoms with Crippen LogP contribution in [0.2, 0.25) is 0 Å². The molecule has 1 aromatic rings. The van der Waals surface area contributed by atoms with Crippen molar-refractivity contribution in [2.45, 2.75) is 17.4 Å². The van der Waals surface area contributed by atoms with Crippen LogP contribution in [0, 0.1) is 0 Å². The highest BCUT2D eigenvalue weighted by Gasteiger charge is 2.30. The van der Waals surface area contributed by atoms with Gasteiger partial charge in [0.25, 0.3) is 0 Å². The van der Waals surface area contributed by atoms with Crippen LogP contribution in [-0.2, 0) is 14.8 Å². The molecule has 0 aliphatic carbocycles. The molecule has 6 nitrogen and oxygen atoms in total. The molecular formula is C14H21N3O3S. The van der Waals surface area contributed by atoms with Crippen LogP contribution in [0.25, 0.3) is 0 Å². The minimum Gasteiger partial charge on any atom is -0.378 e. The van der Waals surface area contributed by atoms with Crippen molar-refractivity contribution in [1.82, 2.24) is 4.31 Å². The molecule has 2 fully saturated rings. The van der Waals surface area contributed by atoms with Gasteiger partial charge in [-0.3, -0.25) is 0 Å². The van der Waals surface area contributed by atoms with Crippen LogP contribution in [0.1, 0.15) is 6.42 Å². The van der Waals surface area contributed by atoms with E-state index in [1.54, 1.807) is 12.1 Å². The molecule has 0 aromatic heterocycles. The van der Waals surface area contributed by atoms with Gasteiger partial charge in [0.1, 0.15) is 0 Å². The van der Waals surface area contributed by atoms with E-state index >= 15 is 0 Å². The van der Waals surface area contributed by atoms with Crippen molar-refractivity contribution >= 4 is 15.7 Å². The van der Waals surface area contributed by atoms with Gasteiger partial charge in [0.05, 0.1) is 18.1 Å². The Labute approximate surface area is 125 Å². The second-order valence-corrected chi connectivity index (χ2v) is 7.44. The molecule has 0 radical (unpaired) electrons. The molecule has 0 amide bonds. The predicted molar refractivity (Wildman–Crippen MR) is 80.8 cm³/mol. The summed E-state index contributed by atoms with van der Waals surface area (Å²) in [5.74, 6) is 0. The zero-order chi connectivity index (χ0) is 14.9. The Morgan fingerprint density at radius 2 is 1.76 bits per heavy atom. The molecule has 0 spiro atoms. The SMILES string of the molecule is NC1CCN(S(=O)(=O)c2ccc(N3CCOCC3)cc2)C1. The summed E-state index contributed by atoms with van der Waals surface area (Å²) >= 11 is 0. The summed E-state index contributed by atoms with van der Waals surface area (Å²) in [4.78, 5) is 2.54. The maximum Gasteiger partial charge on any atom is 0.243 e. The highest BCUT2D eigenvalue weighted by Crippen LogP contribution is 2.23. The smallest absolute Gasteiger partial charge is 0.243 e. The maximum atomic E-state index is 12.5. The van der Waals surface area contributed by atoms with Crippen LogP contribution in [-0.4, -0.2) is 58.2 Å². The van der Waals surface area contributed by atoms with Gasteiger partial charge in [-0.2, -0.15) is 4.31 Å². The summed E-state index contributed by atoms with van der Waals surface area (Å²) in [5.41, 5.74) is 6.83. The van der Waals surface area contributed by atoms with Gasteiger partial charge in [-0.05, 0) is 30.7 Å². The lowest BCUT2D eigenvalue weighted by Crippen LogP contribution is -2.36. The monoisotopic (exact) mass is 311 g/mol. The van der Waals surface area contributed by atoms with Gasteiger partial charge in [0.15, 0.2) is 0 Å². The lowest BCUT2D eigenvalue weighted by Gasteiger charge is -2.29. The normalized spacial score (nSPS) is 24.4. The number of morpholine rings is 1.